The summed E-state index contributed by atoms with van der Waals surface area (Å²) in [5, 5.41) is 0. The lowest BCUT2D eigenvalue weighted by Gasteiger charge is -2.04. The highest BCUT2D eigenvalue weighted by molar-refractivity contribution is 5.78. The zero-order valence-electron chi connectivity index (χ0n) is 9.72. The summed E-state index contributed by atoms with van der Waals surface area (Å²) >= 11 is 0. The molecule has 0 aliphatic heterocycles. The van der Waals surface area contributed by atoms with Crippen LogP contribution in [-0.4, -0.2) is 13.4 Å². The van der Waals surface area contributed by atoms with Crippen molar-refractivity contribution < 1.29 is 9.53 Å². The van der Waals surface area contributed by atoms with Gasteiger partial charge in [-0.1, -0.05) is 42.5 Å². The predicted octanol–water partition coefficient (Wildman–Crippen LogP) is 3.31. The largest absolute Gasteiger partial charge is 0.380 e. The van der Waals surface area contributed by atoms with E-state index in [2.05, 4.69) is 0 Å². The Morgan fingerprint density at radius 2 is 1.82 bits per heavy atom. The average molecular weight is 226 g/mol. The maximum atomic E-state index is 10.7. The topological polar surface area (TPSA) is 26.3 Å². The molecule has 0 spiro atoms. The highest BCUT2D eigenvalue weighted by atomic mass is 16.5. The van der Waals surface area contributed by atoms with E-state index < -0.39 is 0 Å². The van der Waals surface area contributed by atoms with Gasteiger partial charge in [-0.15, -0.1) is 0 Å². The van der Waals surface area contributed by atoms with Crippen LogP contribution in [0.4, 0.5) is 0 Å². The Balaban J connectivity index is 2.29. The van der Waals surface area contributed by atoms with E-state index in [1.807, 2.05) is 42.5 Å². The maximum Gasteiger partial charge on any atom is 0.150 e. The van der Waals surface area contributed by atoms with Crippen molar-refractivity contribution in [2.24, 2.45) is 0 Å². The Bertz CT molecular complexity index is 501. The number of aldehydes is 1. The highest BCUT2D eigenvalue weighted by Gasteiger charge is 1.99. The summed E-state index contributed by atoms with van der Waals surface area (Å²) < 4.78 is 5.06. The van der Waals surface area contributed by atoms with Crippen LogP contribution in [0.5, 0.6) is 0 Å². The monoisotopic (exact) mass is 226 g/mol. The molecule has 2 aromatic carbocycles. The molecule has 0 atom stereocenters. The fourth-order valence-corrected chi connectivity index (χ4v) is 1.75. The third kappa shape index (κ3) is 2.80. The summed E-state index contributed by atoms with van der Waals surface area (Å²) in [5.74, 6) is 0. The summed E-state index contributed by atoms with van der Waals surface area (Å²) in [7, 11) is 1.68. The number of carbonyl (C=O) groups is 1. The molecule has 0 N–H and O–H groups in total. The lowest BCUT2D eigenvalue weighted by molar-refractivity contribution is 0.112. The van der Waals surface area contributed by atoms with E-state index >= 15 is 0 Å². The van der Waals surface area contributed by atoms with Crippen molar-refractivity contribution >= 4 is 6.29 Å². The van der Waals surface area contributed by atoms with Gasteiger partial charge in [0.1, 0.15) is 6.29 Å². The van der Waals surface area contributed by atoms with E-state index in [1.54, 1.807) is 13.2 Å². The molecule has 0 saturated carbocycles. The minimum Gasteiger partial charge on any atom is -0.380 e. The number of carbonyl (C=O) groups excluding carboxylic acids is 1. The highest BCUT2D eigenvalue weighted by Crippen LogP contribution is 2.20. The Morgan fingerprint density at radius 3 is 2.47 bits per heavy atom. The lowest BCUT2D eigenvalue weighted by atomic mass is 10.0. The second kappa shape index (κ2) is 5.41. The normalized spacial score (nSPS) is 10.2. The zero-order chi connectivity index (χ0) is 12.1. The summed E-state index contributed by atoms with van der Waals surface area (Å²) in [5.41, 5.74) is 4.00. The first-order valence-electron chi connectivity index (χ1n) is 5.47. The van der Waals surface area contributed by atoms with E-state index in [1.165, 1.54) is 0 Å². The minimum absolute atomic E-state index is 0.620. The molecule has 0 heterocycles. The summed E-state index contributed by atoms with van der Waals surface area (Å²) in [6.45, 7) is 0.620. The number of rotatable bonds is 4. The van der Waals surface area contributed by atoms with Crippen molar-refractivity contribution in [1.29, 1.82) is 0 Å². The number of methoxy groups -OCH3 is 1. The van der Waals surface area contributed by atoms with Crippen molar-refractivity contribution in [3.05, 3.63) is 59.7 Å². The molecule has 0 amide bonds. The molecule has 0 saturated heterocycles. The van der Waals surface area contributed by atoms with Crippen molar-refractivity contribution in [1.82, 2.24) is 0 Å². The Morgan fingerprint density at radius 1 is 1.06 bits per heavy atom. The first-order chi connectivity index (χ1) is 8.33. The van der Waals surface area contributed by atoms with Gasteiger partial charge in [0.2, 0.25) is 0 Å². The van der Waals surface area contributed by atoms with Crippen LogP contribution in [0.1, 0.15) is 15.9 Å². The fourth-order valence-electron chi connectivity index (χ4n) is 1.75. The smallest absolute Gasteiger partial charge is 0.150 e. The van der Waals surface area contributed by atoms with E-state index in [-0.39, 0.29) is 0 Å². The molecule has 86 valence electrons. The summed E-state index contributed by atoms with van der Waals surface area (Å²) in [6, 6.07) is 15.7. The van der Waals surface area contributed by atoms with Crippen LogP contribution in [0.2, 0.25) is 0 Å². The molecule has 0 radical (unpaired) electrons. The van der Waals surface area contributed by atoms with Gasteiger partial charge < -0.3 is 4.74 Å². The van der Waals surface area contributed by atoms with Crippen LogP contribution in [-0.2, 0) is 11.3 Å². The van der Waals surface area contributed by atoms with Gasteiger partial charge in [-0.05, 0) is 22.8 Å². The van der Waals surface area contributed by atoms with E-state index in [9.17, 15) is 4.79 Å². The molecule has 17 heavy (non-hydrogen) atoms. The van der Waals surface area contributed by atoms with Gasteiger partial charge in [-0.2, -0.15) is 0 Å². The fraction of sp³-hybridized carbons (Fsp3) is 0.133. The number of ether oxygens (including phenoxy) is 1. The van der Waals surface area contributed by atoms with Gasteiger partial charge in [-0.25, -0.2) is 0 Å². The SMILES string of the molecule is COCc1ccc(-c2cccc(C=O)c2)cc1. The standard InChI is InChI=1S/C15H14O2/c1-17-11-12-5-7-14(8-6-12)15-4-2-3-13(9-15)10-16/h2-10H,11H2,1H3. The van der Waals surface area contributed by atoms with Crippen LogP contribution in [0, 0.1) is 0 Å². The molecule has 2 heteroatoms. The molecule has 0 aliphatic carbocycles. The number of benzene rings is 2. The van der Waals surface area contributed by atoms with Gasteiger partial charge in [0.15, 0.2) is 0 Å². The van der Waals surface area contributed by atoms with E-state index in [4.69, 9.17) is 4.74 Å². The Kier molecular flexibility index (Phi) is 3.68. The zero-order valence-corrected chi connectivity index (χ0v) is 9.72. The second-order valence-corrected chi connectivity index (χ2v) is 3.87. The summed E-state index contributed by atoms with van der Waals surface area (Å²) in [4.78, 5) is 10.7. The summed E-state index contributed by atoms with van der Waals surface area (Å²) in [6.07, 6.45) is 0.864. The van der Waals surface area contributed by atoms with E-state index in [0.29, 0.717) is 12.2 Å². The van der Waals surface area contributed by atoms with Crippen molar-refractivity contribution in [3.63, 3.8) is 0 Å². The number of hydrogen-bond acceptors (Lipinski definition) is 2. The lowest BCUT2D eigenvalue weighted by Crippen LogP contribution is -1.87. The molecule has 0 fully saturated rings. The van der Waals surface area contributed by atoms with Gasteiger partial charge in [0, 0.05) is 12.7 Å². The van der Waals surface area contributed by atoms with Gasteiger partial charge in [-0.3, -0.25) is 4.79 Å². The third-order valence-electron chi connectivity index (χ3n) is 2.62. The van der Waals surface area contributed by atoms with Crippen LogP contribution in [0.3, 0.4) is 0 Å². The average Bonchev–Trinajstić information content (AvgIpc) is 2.40. The Hall–Kier alpha value is -1.93. The molecular weight excluding hydrogens is 212 g/mol. The first-order valence-corrected chi connectivity index (χ1v) is 5.47. The maximum absolute atomic E-state index is 10.7. The van der Waals surface area contributed by atoms with Gasteiger partial charge in [0.25, 0.3) is 0 Å². The van der Waals surface area contributed by atoms with Gasteiger partial charge in [0.05, 0.1) is 6.61 Å². The van der Waals surface area contributed by atoms with Crippen LogP contribution >= 0.6 is 0 Å². The van der Waals surface area contributed by atoms with E-state index in [0.717, 1.165) is 23.0 Å². The molecule has 0 aliphatic rings. The quantitative estimate of drug-likeness (QED) is 0.747. The van der Waals surface area contributed by atoms with Crippen LogP contribution in [0.25, 0.3) is 11.1 Å². The third-order valence-corrected chi connectivity index (χ3v) is 2.62. The second-order valence-electron chi connectivity index (χ2n) is 3.87. The van der Waals surface area contributed by atoms with Crippen molar-refractivity contribution in [2.75, 3.05) is 7.11 Å². The first kappa shape index (κ1) is 11.6. The molecule has 2 aromatic rings. The molecule has 0 unspecified atom stereocenters. The predicted molar refractivity (Wildman–Crippen MR) is 68.0 cm³/mol. The van der Waals surface area contributed by atoms with Crippen LogP contribution in [0.15, 0.2) is 48.5 Å². The van der Waals surface area contributed by atoms with Crippen molar-refractivity contribution in [3.8, 4) is 11.1 Å². The number of hydrogen-bond donors (Lipinski definition) is 0. The van der Waals surface area contributed by atoms with Gasteiger partial charge >= 0.3 is 0 Å². The molecule has 2 nitrogen and oxygen atoms in total. The Labute approximate surface area is 101 Å². The molecule has 2 rings (SSSR count). The molecule has 0 aromatic heterocycles. The minimum atomic E-state index is 0.620. The molecule has 0 bridgehead atoms. The van der Waals surface area contributed by atoms with Crippen LogP contribution < -0.4 is 0 Å². The van der Waals surface area contributed by atoms with Crippen molar-refractivity contribution in [2.45, 2.75) is 6.61 Å². The molecular formula is C15H14O2.